The fourth-order valence-corrected chi connectivity index (χ4v) is 6.76. The lowest BCUT2D eigenvalue weighted by Crippen LogP contribution is -2.44. The highest BCUT2D eigenvalue weighted by Gasteiger charge is 2.38. The monoisotopic (exact) mass is 470 g/mol. The van der Waals surface area contributed by atoms with Crippen LogP contribution in [-0.2, 0) is 0 Å². The van der Waals surface area contributed by atoms with E-state index in [0.717, 1.165) is 68.9 Å². The molecule has 2 bridgehead atoms. The van der Waals surface area contributed by atoms with E-state index >= 15 is 0 Å². The van der Waals surface area contributed by atoms with Crippen molar-refractivity contribution in [2.45, 2.75) is 63.8 Å². The van der Waals surface area contributed by atoms with Crippen molar-refractivity contribution in [2.24, 2.45) is 23.7 Å². The average molecular weight is 471 g/mol. The Labute approximate surface area is 205 Å². The Morgan fingerprint density at radius 3 is 2.47 bits per heavy atom. The van der Waals surface area contributed by atoms with Crippen LogP contribution >= 0.6 is 0 Å². The first kappa shape index (κ1) is 24.1. The number of hydrogen-bond acceptors (Lipinski definition) is 8. The maximum atomic E-state index is 6.07. The van der Waals surface area contributed by atoms with Gasteiger partial charge < -0.3 is 31.9 Å². The Hall–Kier alpha value is -1.64. The predicted octanol–water partition coefficient (Wildman–Crippen LogP) is 2.44. The third kappa shape index (κ3) is 6.52. The molecule has 1 aliphatic heterocycles. The van der Waals surface area contributed by atoms with Crippen molar-refractivity contribution in [3.05, 3.63) is 6.07 Å². The molecule has 8 nitrogen and oxygen atoms in total. The molecule has 0 radical (unpaired) electrons. The number of piperazine rings is 1. The molecule has 190 valence electrons. The van der Waals surface area contributed by atoms with Gasteiger partial charge in [-0.25, -0.2) is 0 Å². The molecule has 3 saturated carbocycles. The van der Waals surface area contributed by atoms with E-state index in [4.69, 9.17) is 10.7 Å². The highest BCUT2D eigenvalue weighted by atomic mass is 15.3. The minimum Gasteiger partial charge on any atom is -0.383 e. The number of anilines is 3. The first-order valence-corrected chi connectivity index (χ1v) is 14.0. The maximum Gasteiger partial charge on any atom is 0.226 e. The third-order valence-corrected chi connectivity index (χ3v) is 8.80. The number of fused-ring (bicyclic) bond motifs is 2. The molecule has 0 amide bonds. The summed E-state index contributed by atoms with van der Waals surface area (Å²) in [7, 11) is 0. The van der Waals surface area contributed by atoms with Crippen molar-refractivity contribution in [2.75, 3.05) is 68.3 Å². The van der Waals surface area contributed by atoms with Gasteiger partial charge in [0.1, 0.15) is 11.6 Å². The highest BCUT2D eigenvalue weighted by molar-refractivity contribution is 5.51. The van der Waals surface area contributed by atoms with Crippen LogP contribution in [0.15, 0.2) is 6.07 Å². The van der Waals surface area contributed by atoms with Crippen molar-refractivity contribution in [3.8, 4) is 0 Å². The Kier molecular flexibility index (Phi) is 8.40. The Bertz CT molecular complexity index is 759. The average Bonchev–Trinajstić information content (AvgIpc) is 3.49. The van der Waals surface area contributed by atoms with Crippen molar-refractivity contribution < 1.29 is 0 Å². The standard InChI is InChI=1S/C26H46N8/c27-24-16-25(34-12-10-28-11-13-34)33-26(32-24)31-18-20-4-2-19(3-5-20)17-29-8-1-9-30-23-15-21-6-7-22(23)14-21/h16,19-23,28-30H,1-15,17-18H2,(H3,27,31,32,33)/t19?,20?,21-,22+,23?/m1/s1. The van der Waals surface area contributed by atoms with Gasteiger partial charge in [-0.05, 0) is 94.7 Å². The van der Waals surface area contributed by atoms with Crippen molar-refractivity contribution in [1.29, 1.82) is 0 Å². The first-order valence-electron chi connectivity index (χ1n) is 14.0. The summed E-state index contributed by atoms with van der Waals surface area (Å²) < 4.78 is 0. The van der Waals surface area contributed by atoms with E-state index in [1.807, 2.05) is 6.07 Å². The van der Waals surface area contributed by atoms with Crippen molar-refractivity contribution in [1.82, 2.24) is 25.9 Å². The lowest BCUT2D eigenvalue weighted by atomic mass is 9.82. The number of nitrogens with two attached hydrogens (primary N) is 1. The van der Waals surface area contributed by atoms with Gasteiger partial charge in [0.2, 0.25) is 5.95 Å². The minimum atomic E-state index is 0.548. The molecule has 1 unspecified atom stereocenters. The molecule has 0 spiro atoms. The zero-order valence-corrected chi connectivity index (χ0v) is 20.9. The molecule has 0 aromatic carbocycles. The molecule has 1 aromatic heterocycles. The Balaban J connectivity index is 0.936. The second kappa shape index (κ2) is 11.9. The van der Waals surface area contributed by atoms with Gasteiger partial charge in [0, 0.05) is 44.8 Å². The molecule has 5 rings (SSSR count). The highest BCUT2D eigenvalue weighted by Crippen LogP contribution is 2.44. The summed E-state index contributed by atoms with van der Waals surface area (Å²) in [5, 5.41) is 14.4. The maximum absolute atomic E-state index is 6.07. The van der Waals surface area contributed by atoms with E-state index in [-0.39, 0.29) is 0 Å². The van der Waals surface area contributed by atoms with Gasteiger partial charge in [-0.2, -0.15) is 9.97 Å². The smallest absolute Gasteiger partial charge is 0.226 e. The lowest BCUT2D eigenvalue weighted by molar-refractivity contribution is 0.275. The van der Waals surface area contributed by atoms with Crippen LogP contribution in [0.2, 0.25) is 0 Å². The molecule has 8 heteroatoms. The lowest BCUT2D eigenvalue weighted by Gasteiger charge is -2.30. The molecular weight excluding hydrogens is 424 g/mol. The number of nitrogen functional groups attached to an aromatic ring is 1. The second-order valence-corrected chi connectivity index (χ2v) is 11.3. The van der Waals surface area contributed by atoms with Crippen molar-refractivity contribution >= 4 is 17.6 Å². The second-order valence-electron chi connectivity index (χ2n) is 11.3. The Morgan fingerprint density at radius 1 is 0.941 bits per heavy atom. The molecule has 3 atom stereocenters. The fourth-order valence-electron chi connectivity index (χ4n) is 6.76. The largest absolute Gasteiger partial charge is 0.383 e. The van der Waals surface area contributed by atoms with E-state index in [0.29, 0.717) is 17.7 Å². The van der Waals surface area contributed by atoms with Gasteiger partial charge in [0.05, 0.1) is 0 Å². The van der Waals surface area contributed by atoms with Crippen LogP contribution in [0.25, 0.3) is 0 Å². The van der Waals surface area contributed by atoms with E-state index < -0.39 is 0 Å². The summed E-state index contributed by atoms with van der Waals surface area (Å²) in [6.07, 6.45) is 12.4. The summed E-state index contributed by atoms with van der Waals surface area (Å²) in [4.78, 5) is 11.4. The molecule has 4 aliphatic rings. The number of nitrogens with one attached hydrogen (secondary N) is 4. The zero-order chi connectivity index (χ0) is 23.2. The van der Waals surface area contributed by atoms with Crippen LogP contribution < -0.4 is 31.9 Å². The molecule has 3 aliphatic carbocycles. The summed E-state index contributed by atoms with van der Waals surface area (Å²) in [5.74, 6) is 5.73. The third-order valence-electron chi connectivity index (χ3n) is 8.80. The van der Waals surface area contributed by atoms with E-state index in [1.54, 1.807) is 0 Å². The number of aromatic nitrogens is 2. The van der Waals surface area contributed by atoms with Crippen LogP contribution in [-0.4, -0.2) is 68.4 Å². The zero-order valence-electron chi connectivity index (χ0n) is 20.9. The molecular formula is C26H46N8. The topological polar surface area (TPSA) is 103 Å². The van der Waals surface area contributed by atoms with Gasteiger partial charge in [-0.3, -0.25) is 0 Å². The van der Waals surface area contributed by atoms with Gasteiger partial charge >= 0.3 is 0 Å². The van der Waals surface area contributed by atoms with E-state index in [9.17, 15) is 0 Å². The summed E-state index contributed by atoms with van der Waals surface area (Å²) in [6, 6.07) is 2.72. The van der Waals surface area contributed by atoms with Crippen LogP contribution in [0, 0.1) is 23.7 Å². The molecule has 6 N–H and O–H groups in total. The number of hydrogen-bond donors (Lipinski definition) is 5. The number of nitrogens with zero attached hydrogens (tertiary/aromatic N) is 3. The number of rotatable bonds is 11. The van der Waals surface area contributed by atoms with Crippen LogP contribution in [0.4, 0.5) is 17.6 Å². The fraction of sp³-hybridized carbons (Fsp3) is 0.846. The first-order chi connectivity index (χ1) is 16.7. The predicted molar refractivity (Wildman–Crippen MR) is 140 cm³/mol. The molecule has 1 saturated heterocycles. The quantitative estimate of drug-likeness (QED) is 0.314. The van der Waals surface area contributed by atoms with Crippen LogP contribution in [0.5, 0.6) is 0 Å². The van der Waals surface area contributed by atoms with Gasteiger partial charge in [-0.15, -0.1) is 0 Å². The SMILES string of the molecule is Nc1cc(N2CCNCC2)nc(NCC2CCC(CNCCCNC3C[C@@H]4CC[C@H]3C4)CC2)n1. The molecule has 4 fully saturated rings. The van der Waals surface area contributed by atoms with Crippen molar-refractivity contribution in [3.63, 3.8) is 0 Å². The molecule has 2 heterocycles. The molecule has 34 heavy (non-hydrogen) atoms. The minimum absolute atomic E-state index is 0.548. The normalized spacial score (nSPS) is 31.2. The van der Waals surface area contributed by atoms with Gasteiger partial charge in [0.25, 0.3) is 0 Å². The van der Waals surface area contributed by atoms with Crippen LogP contribution in [0.3, 0.4) is 0 Å². The summed E-state index contributed by atoms with van der Waals surface area (Å²) in [6.45, 7) is 8.36. The van der Waals surface area contributed by atoms with E-state index in [2.05, 4.69) is 31.2 Å². The van der Waals surface area contributed by atoms with Gasteiger partial charge in [0.15, 0.2) is 0 Å². The van der Waals surface area contributed by atoms with E-state index in [1.165, 1.54) is 70.9 Å². The van der Waals surface area contributed by atoms with Crippen LogP contribution in [0.1, 0.15) is 57.8 Å². The molecule has 1 aromatic rings. The summed E-state index contributed by atoms with van der Waals surface area (Å²) >= 11 is 0. The summed E-state index contributed by atoms with van der Waals surface area (Å²) in [5.41, 5.74) is 6.07. The Morgan fingerprint density at radius 2 is 1.74 bits per heavy atom. The van der Waals surface area contributed by atoms with Gasteiger partial charge in [-0.1, -0.05) is 6.42 Å².